The van der Waals surface area contributed by atoms with Crippen molar-refractivity contribution in [2.24, 2.45) is 5.73 Å². The van der Waals surface area contributed by atoms with Gasteiger partial charge in [-0.15, -0.1) is 0 Å². The molecule has 4 unspecified atom stereocenters. The number of nitrogens with one attached hydrogen (secondary N) is 5. The average molecular weight is 638 g/mol. The van der Waals surface area contributed by atoms with Gasteiger partial charge in [-0.1, -0.05) is 53.8 Å². The summed E-state index contributed by atoms with van der Waals surface area (Å²) in [6, 6.07) is 10.7. The smallest absolute Gasteiger partial charge is 0.243 e. The van der Waals surface area contributed by atoms with Gasteiger partial charge in [0.2, 0.25) is 29.5 Å². The molecule has 8 N–H and O–H groups in total. The highest BCUT2D eigenvalue weighted by Gasteiger charge is 2.28. The highest BCUT2D eigenvalue weighted by molar-refractivity contribution is 7.17. The summed E-state index contributed by atoms with van der Waals surface area (Å²) in [5, 5.41) is 22.8. The van der Waals surface area contributed by atoms with E-state index in [1.807, 2.05) is 6.07 Å². The second kappa shape index (κ2) is 16.5. The fraction of sp³-hybridized carbons (Fsp3) is 0.300. The largest absolute Gasteiger partial charge is 0.508 e. The summed E-state index contributed by atoms with van der Waals surface area (Å²) < 4.78 is 0. The first-order valence-corrected chi connectivity index (χ1v) is 14.7. The Morgan fingerprint density at radius 2 is 1.40 bits per heavy atom. The van der Waals surface area contributed by atoms with E-state index in [1.165, 1.54) is 32.2 Å². The van der Waals surface area contributed by atoms with E-state index in [4.69, 9.17) is 5.73 Å². The highest BCUT2D eigenvalue weighted by Crippen LogP contribution is 2.15. The standard InChI is InChI=1S/C30H35N7O7S/c1-17(27(42)34-18(2)28(43)37-23(26(31)41)12-20-8-10-21(39)11-9-20)35-29(44)24(13-19-6-4-3-5-7-19)36-25(40)15-33-30-32-14-22(16-38)45-30/h3-11,14,16-18,23-24,39H,12-13,15H2,1-2H3,(H2,31,41)(H,32,33)(H,34,42)(H,35,44)(H,36,40)(H,37,43). The van der Waals surface area contributed by atoms with Crippen LogP contribution in [0.25, 0.3) is 0 Å². The molecule has 0 aliphatic heterocycles. The van der Waals surface area contributed by atoms with E-state index in [1.54, 1.807) is 36.4 Å². The van der Waals surface area contributed by atoms with Crippen LogP contribution in [-0.4, -0.2) is 76.6 Å². The maximum Gasteiger partial charge on any atom is 0.243 e. The molecule has 0 saturated carbocycles. The predicted octanol–water partition coefficient (Wildman–Crippen LogP) is 0.0228. The van der Waals surface area contributed by atoms with Crippen LogP contribution >= 0.6 is 11.3 Å². The number of nitrogens with two attached hydrogens (primary N) is 1. The number of benzene rings is 2. The fourth-order valence-corrected chi connectivity index (χ4v) is 4.68. The Labute approximate surface area is 263 Å². The molecule has 14 nitrogen and oxygen atoms in total. The lowest BCUT2D eigenvalue weighted by molar-refractivity contribution is -0.133. The van der Waals surface area contributed by atoms with Crippen LogP contribution in [0.5, 0.6) is 5.75 Å². The maximum atomic E-state index is 13.2. The number of amides is 5. The summed E-state index contributed by atoms with van der Waals surface area (Å²) in [5.41, 5.74) is 6.86. The Balaban J connectivity index is 1.57. The van der Waals surface area contributed by atoms with Crippen molar-refractivity contribution in [3.63, 3.8) is 0 Å². The number of thiazole rings is 1. The number of aromatic hydroxyl groups is 1. The zero-order valence-electron chi connectivity index (χ0n) is 24.6. The molecule has 0 radical (unpaired) electrons. The molecule has 0 bridgehead atoms. The molecule has 238 valence electrons. The topological polar surface area (TPSA) is 222 Å². The van der Waals surface area contributed by atoms with Gasteiger partial charge in [0.1, 0.15) is 29.9 Å². The number of primary amides is 1. The minimum absolute atomic E-state index is 0.0449. The summed E-state index contributed by atoms with van der Waals surface area (Å²) in [4.78, 5) is 78.8. The summed E-state index contributed by atoms with van der Waals surface area (Å²) in [5.74, 6) is -3.24. The number of rotatable bonds is 16. The molecule has 5 amide bonds. The van der Waals surface area contributed by atoms with Crippen LogP contribution in [0.2, 0.25) is 0 Å². The number of carbonyl (C=O) groups is 6. The van der Waals surface area contributed by atoms with Crippen LogP contribution in [0, 0.1) is 0 Å². The number of nitrogens with zero attached hydrogens (tertiary/aromatic N) is 1. The molecule has 0 spiro atoms. The molecule has 15 heteroatoms. The fourth-order valence-electron chi connectivity index (χ4n) is 4.05. The van der Waals surface area contributed by atoms with Crippen molar-refractivity contribution < 1.29 is 33.9 Å². The quantitative estimate of drug-likeness (QED) is 0.105. The lowest BCUT2D eigenvalue weighted by atomic mass is 10.0. The summed E-state index contributed by atoms with van der Waals surface area (Å²) in [6.07, 6.45) is 2.22. The molecule has 4 atom stereocenters. The van der Waals surface area contributed by atoms with E-state index in [9.17, 15) is 33.9 Å². The predicted molar refractivity (Wildman–Crippen MR) is 166 cm³/mol. The third kappa shape index (κ3) is 11.0. The van der Waals surface area contributed by atoms with Crippen LogP contribution in [0.4, 0.5) is 5.13 Å². The van der Waals surface area contributed by atoms with E-state index in [-0.39, 0.29) is 25.1 Å². The maximum absolute atomic E-state index is 13.2. The van der Waals surface area contributed by atoms with Crippen molar-refractivity contribution in [2.75, 3.05) is 11.9 Å². The van der Waals surface area contributed by atoms with Gasteiger partial charge in [-0.25, -0.2) is 4.98 Å². The molecule has 45 heavy (non-hydrogen) atoms. The van der Waals surface area contributed by atoms with E-state index in [0.717, 1.165) is 16.9 Å². The van der Waals surface area contributed by atoms with Gasteiger partial charge in [0.25, 0.3) is 0 Å². The highest BCUT2D eigenvalue weighted by atomic mass is 32.1. The molecular formula is C30H35N7O7S. The normalized spacial score (nSPS) is 13.3. The monoisotopic (exact) mass is 637 g/mol. The lowest BCUT2D eigenvalue weighted by Gasteiger charge is -2.23. The Hall–Kier alpha value is -5.31. The average Bonchev–Trinajstić information content (AvgIpc) is 3.49. The zero-order valence-corrected chi connectivity index (χ0v) is 25.4. The van der Waals surface area contributed by atoms with E-state index in [0.29, 0.717) is 21.9 Å². The van der Waals surface area contributed by atoms with Crippen LogP contribution in [0.1, 0.15) is 34.6 Å². The number of anilines is 1. The minimum Gasteiger partial charge on any atom is -0.508 e. The third-order valence-electron chi connectivity index (χ3n) is 6.51. The van der Waals surface area contributed by atoms with Gasteiger partial charge in [0, 0.05) is 12.8 Å². The van der Waals surface area contributed by atoms with Crippen LogP contribution in [0.15, 0.2) is 60.8 Å². The van der Waals surface area contributed by atoms with Gasteiger partial charge in [-0.2, -0.15) is 0 Å². The summed E-state index contributed by atoms with van der Waals surface area (Å²) >= 11 is 1.07. The van der Waals surface area contributed by atoms with E-state index in [2.05, 4.69) is 31.6 Å². The van der Waals surface area contributed by atoms with E-state index < -0.39 is 53.7 Å². The van der Waals surface area contributed by atoms with Crippen LogP contribution in [-0.2, 0) is 36.8 Å². The van der Waals surface area contributed by atoms with Gasteiger partial charge in [0.05, 0.1) is 17.6 Å². The Morgan fingerprint density at radius 1 is 0.822 bits per heavy atom. The van der Waals surface area contributed by atoms with Gasteiger partial charge < -0.3 is 37.4 Å². The Kier molecular flexibility index (Phi) is 12.5. The van der Waals surface area contributed by atoms with E-state index >= 15 is 0 Å². The second-order valence-electron chi connectivity index (χ2n) is 10.1. The number of phenolic OH excluding ortho intramolecular Hbond substituents is 1. The van der Waals surface area contributed by atoms with Gasteiger partial charge in [0.15, 0.2) is 11.4 Å². The molecule has 3 rings (SSSR count). The number of hydrogen-bond donors (Lipinski definition) is 7. The zero-order chi connectivity index (χ0) is 32.9. The van der Waals surface area contributed by atoms with Crippen molar-refractivity contribution in [3.8, 4) is 5.75 Å². The summed E-state index contributed by atoms with van der Waals surface area (Å²) in [6.45, 7) is 2.61. The van der Waals surface area contributed by atoms with Gasteiger partial charge in [-0.3, -0.25) is 28.8 Å². The second-order valence-corrected chi connectivity index (χ2v) is 11.2. The molecule has 0 aliphatic carbocycles. The first kappa shape index (κ1) is 34.2. The number of aromatic nitrogens is 1. The third-order valence-corrected chi connectivity index (χ3v) is 7.39. The minimum atomic E-state index is -1.10. The molecule has 1 aromatic heterocycles. The number of hydrogen-bond acceptors (Lipinski definition) is 10. The van der Waals surface area contributed by atoms with Crippen molar-refractivity contribution in [1.82, 2.24) is 26.3 Å². The van der Waals surface area contributed by atoms with Crippen molar-refractivity contribution in [1.29, 1.82) is 0 Å². The SMILES string of the molecule is CC(NC(=O)C(C)NC(=O)C(Cc1ccccc1)NC(=O)CNc1ncc(C=O)s1)C(=O)NC(Cc1ccc(O)cc1)C(N)=O. The number of aldehydes is 1. The molecule has 2 aromatic carbocycles. The first-order valence-electron chi connectivity index (χ1n) is 13.9. The molecule has 1 heterocycles. The first-order chi connectivity index (χ1) is 21.4. The number of carbonyl (C=O) groups excluding carboxylic acids is 6. The van der Waals surface area contributed by atoms with Gasteiger partial charge >= 0.3 is 0 Å². The molecule has 3 aromatic rings. The van der Waals surface area contributed by atoms with Crippen molar-refractivity contribution in [3.05, 3.63) is 76.8 Å². The molecule has 0 aliphatic rings. The molecule has 0 fully saturated rings. The lowest BCUT2D eigenvalue weighted by Crippen LogP contribution is -2.57. The Bertz CT molecular complexity index is 1500. The summed E-state index contributed by atoms with van der Waals surface area (Å²) in [7, 11) is 0. The van der Waals surface area contributed by atoms with Crippen LogP contribution in [0.3, 0.4) is 0 Å². The van der Waals surface area contributed by atoms with Crippen molar-refractivity contribution in [2.45, 2.75) is 50.9 Å². The van der Waals surface area contributed by atoms with Crippen molar-refractivity contribution >= 4 is 52.3 Å². The number of phenols is 1. The van der Waals surface area contributed by atoms with Gasteiger partial charge in [-0.05, 0) is 37.1 Å². The van der Waals surface area contributed by atoms with Crippen LogP contribution < -0.4 is 32.3 Å². The molecular weight excluding hydrogens is 602 g/mol. The Morgan fingerprint density at radius 3 is 2.00 bits per heavy atom. The molecule has 0 saturated heterocycles.